The molecule has 0 atom stereocenters. The molecule has 0 aliphatic rings. The number of aromatic nitrogens is 3. The molecular formula is C11H18N6S3. The molecular weight excluding hydrogens is 312 g/mol. The fourth-order valence-corrected chi connectivity index (χ4v) is 3.60. The van der Waals surface area contributed by atoms with Crippen molar-refractivity contribution in [2.75, 3.05) is 49.0 Å². The molecule has 20 heavy (non-hydrogen) atoms. The Morgan fingerprint density at radius 1 is 1.30 bits per heavy atom. The minimum absolute atomic E-state index is 0.815. The van der Waals surface area contributed by atoms with Crippen molar-refractivity contribution in [2.45, 2.75) is 5.75 Å². The highest BCUT2D eigenvalue weighted by Gasteiger charge is 2.05. The maximum absolute atomic E-state index is 4.56. The summed E-state index contributed by atoms with van der Waals surface area (Å²) in [5.41, 5.74) is 1.15. The van der Waals surface area contributed by atoms with Crippen LogP contribution >= 0.6 is 34.8 Å². The van der Waals surface area contributed by atoms with Gasteiger partial charge in [0.25, 0.3) is 0 Å². The Morgan fingerprint density at radius 2 is 2.10 bits per heavy atom. The van der Waals surface area contributed by atoms with Gasteiger partial charge in [-0.1, -0.05) is 0 Å². The molecule has 110 valence electrons. The quantitative estimate of drug-likeness (QED) is 0.721. The molecule has 2 aromatic heterocycles. The molecule has 2 rings (SSSR count). The molecule has 2 heterocycles. The number of anilines is 3. The van der Waals surface area contributed by atoms with Gasteiger partial charge in [0.05, 0.1) is 17.4 Å². The Kier molecular flexibility index (Phi) is 5.86. The topological polar surface area (TPSA) is 66.0 Å². The third-order valence-electron chi connectivity index (χ3n) is 2.44. The molecule has 0 spiro atoms. The van der Waals surface area contributed by atoms with Crippen molar-refractivity contribution >= 4 is 51.6 Å². The van der Waals surface area contributed by atoms with E-state index in [-0.39, 0.29) is 0 Å². The molecule has 0 saturated carbocycles. The Balaban J connectivity index is 1.66. The molecule has 0 amide bonds. The van der Waals surface area contributed by atoms with E-state index in [4.69, 9.17) is 0 Å². The van der Waals surface area contributed by atoms with E-state index in [1.807, 2.05) is 37.8 Å². The number of nitrogens with zero attached hydrogens (tertiary/aromatic N) is 4. The molecule has 0 bridgehead atoms. The van der Waals surface area contributed by atoms with Gasteiger partial charge in [-0.25, -0.2) is 4.98 Å². The van der Waals surface area contributed by atoms with Crippen molar-refractivity contribution in [1.82, 2.24) is 13.7 Å². The highest BCUT2D eigenvalue weighted by Crippen LogP contribution is 2.21. The van der Waals surface area contributed by atoms with Gasteiger partial charge in [0.1, 0.15) is 0 Å². The standard InChI is InChI=1S/C11H18N6S3/c1-12-9-10(16-20-15-9)13-4-5-18-6-8-7-19-11(14-8)17(2)3/h7H,4-6H2,1-3H3,(H,12,15)(H,13,16). The molecule has 0 aliphatic carbocycles. The fraction of sp³-hybridized carbons (Fsp3) is 0.545. The minimum atomic E-state index is 0.815. The highest BCUT2D eigenvalue weighted by molar-refractivity contribution is 7.98. The Hall–Kier alpha value is -1.06. The molecule has 0 fully saturated rings. The molecule has 0 aliphatic heterocycles. The summed E-state index contributed by atoms with van der Waals surface area (Å²) in [5, 5.41) is 9.48. The smallest absolute Gasteiger partial charge is 0.185 e. The molecule has 6 nitrogen and oxygen atoms in total. The number of thioether (sulfide) groups is 1. The predicted octanol–water partition coefficient (Wildman–Crippen LogP) is 2.45. The van der Waals surface area contributed by atoms with Crippen LogP contribution < -0.4 is 15.5 Å². The van der Waals surface area contributed by atoms with Gasteiger partial charge in [0.2, 0.25) is 0 Å². The average molecular weight is 331 g/mol. The first kappa shape index (κ1) is 15.3. The van der Waals surface area contributed by atoms with Gasteiger partial charge in [-0.2, -0.15) is 20.5 Å². The van der Waals surface area contributed by atoms with Gasteiger partial charge in [0, 0.05) is 44.6 Å². The monoisotopic (exact) mass is 330 g/mol. The SMILES string of the molecule is CNc1nsnc1NCCSCc1csc(N(C)C)n1. The number of hydrogen-bond donors (Lipinski definition) is 2. The first-order valence-corrected chi connectivity index (χ1v) is 8.91. The maximum Gasteiger partial charge on any atom is 0.185 e. The minimum Gasteiger partial charge on any atom is -0.369 e. The van der Waals surface area contributed by atoms with E-state index in [1.165, 1.54) is 11.7 Å². The molecule has 0 radical (unpaired) electrons. The average Bonchev–Trinajstić information content (AvgIpc) is 3.06. The van der Waals surface area contributed by atoms with Gasteiger partial charge < -0.3 is 15.5 Å². The van der Waals surface area contributed by atoms with E-state index in [9.17, 15) is 0 Å². The van der Waals surface area contributed by atoms with Gasteiger partial charge >= 0.3 is 0 Å². The predicted molar refractivity (Wildman–Crippen MR) is 90.5 cm³/mol. The molecule has 0 unspecified atom stereocenters. The van der Waals surface area contributed by atoms with E-state index in [0.29, 0.717) is 0 Å². The Morgan fingerprint density at radius 3 is 2.80 bits per heavy atom. The second-order valence-electron chi connectivity index (χ2n) is 4.21. The Bertz CT molecular complexity index is 524. The summed E-state index contributed by atoms with van der Waals surface area (Å²) in [6, 6.07) is 0. The van der Waals surface area contributed by atoms with Crippen LogP contribution in [0.1, 0.15) is 5.69 Å². The van der Waals surface area contributed by atoms with E-state index < -0.39 is 0 Å². The third kappa shape index (κ3) is 4.22. The van der Waals surface area contributed by atoms with Gasteiger partial charge in [-0.05, 0) is 0 Å². The zero-order valence-electron chi connectivity index (χ0n) is 11.7. The highest BCUT2D eigenvalue weighted by atomic mass is 32.2. The van der Waals surface area contributed by atoms with Gasteiger partial charge in [0.15, 0.2) is 16.8 Å². The number of rotatable bonds is 8. The lowest BCUT2D eigenvalue weighted by molar-refractivity contribution is 1.08. The largest absolute Gasteiger partial charge is 0.369 e. The van der Waals surface area contributed by atoms with Crippen LogP contribution in [0.25, 0.3) is 0 Å². The lowest BCUT2D eigenvalue weighted by atomic mass is 10.6. The summed E-state index contributed by atoms with van der Waals surface area (Å²) in [6.45, 7) is 0.870. The van der Waals surface area contributed by atoms with Crippen LogP contribution in [-0.4, -0.2) is 47.2 Å². The summed E-state index contributed by atoms with van der Waals surface area (Å²) in [7, 11) is 5.88. The normalized spacial score (nSPS) is 10.6. The number of hydrogen-bond acceptors (Lipinski definition) is 9. The zero-order chi connectivity index (χ0) is 14.4. The van der Waals surface area contributed by atoms with Crippen molar-refractivity contribution in [3.8, 4) is 0 Å². The van der Waals surface area contributed by atoms with Crippen LogP contribution in [0.5, 0.6) is 0 Å². The van der Waals surface area contributed by atoms with Crippen LogP contribution in [-0.2, 0) is 5.75 Å². The van der Waals surface area contributed by atoms with E-state index in [2.05, 4.69) is 29.7 Å². The second kappa shape index (κ2) is 7.65. The maximum atomic E-state index is 4.56. The van der Waals surface area contributed by atoms with Crippen molar-refractivity contribution in [3.63, 3.8) is 0 Å². The van der Waals surface area contributed by atoms with Crippen molar-refractivity contribution < 1.29 is 0 Å². The summed E-state index contributed by atoms with van der Waals surface area (Å²) >= 11 is 4.76. The number of thiazole rings is 1. The summed E-state index contributed by atoms with van der Waals surface area (Å²) < 4.78 is 8.33. The lowest BCUT2D eigenvalue weighted by Crippen LogP contribution is -2.08. The molecule has 0 saturated heterocycles. The second-order valence-corrected chi connectivity index (χ2v) is 6.68. The summed E-state index contributed by atoms with van der Waals surface area (Å²) in [4.78, 5) is 6.59. The Labute approximate surface area is 131 Å². The lowest BCUT2D eigenvalue weighted by Gasteiger charge is -2.06. The van der Waals surface area contributed by atoms with Crippen LogP contribution in [0.3, 0.4) is 0 Å². The molecule has 2 N–H and O–H groups in total. The zero-order valence-corrected chi connectivity index (χ0v) is 14.2. The van der Waals surface area contributed by atoms with E-state index in [0.717, 1.165) is 40.5 Å². The fourth-order valence-electron chi connectivity index (χ4n) is 1.45. The third-order valence-corrected chi connectivity index (χ3v) is 5.01. The summed E-state index contributed by atoms with van der Waals surface area (Å²) in [6.07, 6.45) is 0. The summed E-state index contributed by atoms with van der Waals surface area (Å²) in [5.74, 6) is 3.60. The van der Waals surface area contributed by atoms with E-state index >= 15 is 0 Å². The first-order valence-electron chi connectivity index (χ1n) is 6.14. The van der Waals surface area contributed by atoms with Crippen LogP contribution in [0, 0.1) is 0 Å². The van der Waals surface area contributed by atoms with Crippen LogP contribution in [0.4, 0.5) is 16.8 Å². The van der Waals surface area contributed by atoms with Crippen LogP contribution in [0.2, 0.25) is 0 Å². The van der Waals surface area contributed by atoms with Crippen LogP contribution in [0.15, 0.2) is 5.38 Å². The molecule has 9 heteroatoms. The van der Waals surface area contributed by atoms with Gasteiger partial charge in [-0.3, -0.25) is 0 Å². The van der Waals surface area contributed by atoms with Crippen molar-refractivity contribution in [2.24, 2.45) is 0 Å². The van der Waals surface area contributed by atoms with Gasteiger partial charge in [-0.15, -0.1) is 11.3 Å². The first-order chi connectivity index (χ1) is 9.70. The number of nitrogens with one attached hydrogen (secondary N) is 2. The molecule has 2 aromatic rings. The molecule has 0 aromatic carbocycles. The van der Waals surface area contributed by atoms with E-state index in [1.54, 1.807) is 11.3 Å². The van der Waals surface area contributed by atoms with Crippen molar-refractivity contribution in [1.29, 1.82) is 0 Å². The van der Waals surface area contributed by atoms with Crippen molar-refractivity contribution in [3.05, 3.63) is 11.1 Å².